The van der Waals surface area contributed by atoms with Gasteiger partial charge in [0.15, 0.2) is 11.5 Å². The van der Waals surface area contributed by atoms with E-state index in [1.165, 1.54) is 7.11 Å². The molecule has 0 spiro atoms. The number of hydrogen-bond acceptors (Lipinski definition) is 5. The fourth-order valence-corrected chi connectivity index (χ4v) is 3.66. The van der Waals surface area contributed by atoms with Crippen molar-refractivity contribution in [1.82, 2.24) is 14.9 Å². The quantitative estimate of drug-likeness (QED) is 0.387. The van der Waals surface area contributed by atoms with Crippen LogP contribution < -0.4 is 19.5 Å². The molecule has 0 aliphatic heterocycles. The lowest BCUT2D eigenvalue weighted by Crippen LogP contribution is -2.25. The minimum atomic E-state index is -0.230. The van der Waals surface area contributed by atoms with E-state index in [1.54, 1.807) is 37.4 Å². The summed E-state index contributed by atoms with van der Waals surface area (Å²) in [7, 11) is 3.09. The Hall–Kier alpha value is -3.71. The number of carbonyl (C=O) groups is 1. The Morgan fingerprint density at radius 3 is 2.52 bits per heavy atom. The van der Waals surface area contributed by atoms with Gasteiger partial charge in [0.05, 0.1) is 38.3 Å². The molecule has 0 aliphatic carbocycles. The molecule has 4 rings (SSSR count). The van der Waals surface area contributed by atoms with Crippen LogP contribution in [0.5, 0.6) is 17.2 Å². The van der Waals surface area contributed by atoms with Gasteiger partial charge >= 0.3 is 0 Å². The Morgan fingerprint density at radius 1 is 1.00 bits per heavy atom. The van der Waals surface area contributed by atoms with Gasteiger partial charge in [0.1, 0.15) is 18.2 Å². The maximum atomic E-state index is 12.8. The van der Waals surface area contributed by atoms with E-state index >= 15 is 0 Å². The molecule has 0 saturated heterocycles. The number of nitrogens with one attached hydrogen (secondary N) is 1. The average Bonchev–Trinajstić information content (AvgIpc) is 3.20. The standard InChI is InChI=1S/C25H24ClN3O4/c1-31-22-12-7-17(15-23(22)32-2)25(30)27-16-24-28-20-5-3-4-6-21(20)29(24)13-14-33-19-10-8-18(26)9-11-19/h3-12,15H,13-14,16H2,1-2H3,(H,27,30). The number of hydrogen-bond donors (Lipinski definition) is 1. The normalized spacial score (nSPS) is 10.8. The van der Waals surface area contributed by atoms with Crippen molar-refractivity contribution in [1.29, 1.82) is 0 Å². The molecule has 0 atom stereocenters. The van der Waals surface area contributed by atoms with Crippen LogP contribution in [0, 0.1) is 0 Å². The summed E-state index contributed by atoms with van der Waals surface area (Å²) >= 11 is 5.93. The average molecular weight is 466 g/mol. The molecule has 0 fully saturated rings. The first-order valence-electron chi connectivity index (χ1n) is 10.4. The summed E-state index contributed by atoms with van der Waals surface area (Å²) < 4.78 is 18.4. The van der Waals surface area contributed by atoms with E-state index in [0.29, 0.717) is 35.2 Å². The van der Waals surface area contributed by atoms with E-state index in [9.17, 15) is 4.79 Å². The summed E-state index contributed by atoms with van der Waals surface area (Å²) in [6, 6.07) is 20.2. The molecule has 1 amide bonds. The van der Waals surface area contributed by atoms with Crippen LogP contribution in [0.15, 0.2) is 66.7 Å². The van der Waals surface area contributed by atoms with Crippen LogP contribution in [0.2, 0.25) is 5.02 Å². The Kier molecular flexibility index (Phi) is 7.00. The van der Waals surface area contributed by atoms with Crippen molar-refractivity contribution in [2.45, 2.75) is 13.1 Å². The number of methoxy groups -OCH3 is 2. The first kappa shape index (κ1) is 22.5. The minimum absolute atomic E-state index is 0.230. The van der Waals surface area contributed by atoms with Crippen LogP contribution >= 0.6 is 11.6 Å². The van der Waals surface area contributed by atoms with Crippen molar-refractivity contribution in [3.63, 3.8) is 0 Å². The number of benzene rings is 3. The molecule has 8 heteroatoms. The van der Waals surface area contributed by atoms with Crippen LogP contribution in [-0.4, -0.2) is 36.3 Å². The van der Waals surface area contributed by atoms with Crippen LogP contribution in [0.25, 0.3) is 11.0 Å². The fourth-order valence-electron chi connectivity index (χ4n) is 3.53. The summed E-state index contributed by atoms with van der Waals surface area (Å²) in [6.07, 6.45) is 0. The van der Waals surface area contributed by atoms with Crippen molar-refractivity contribution in [2.24, 2.45) is 0 Å². The van der Waals surface area contributed by atoms with Gasteiger partial charge in [-0.3, -0.25) is 4.79 Å². The maximum absolute atomic E-state index is 12.8. The number of carbonyl (C=O) groups excluding carboxylic acids is 1. The van der Waals surface area contributed by atoms with E-state index in [0.717, 1.165) is 22.6 Å². The highest BCUT2D eigenvalue weighted by Crippen LogP contribution is 2.27. The molecule has 170 valence electrons. The van der Waals surface area contributed by atoms with E-state index in [4.69, 9.17) is 30.8 Å². The number of rotatable bonds is 9. The summed E-state index contributed by atoms with van der Waals surface area (Å²) in [4.78, 5) is 17.5. The van der Waals surface area contributed by atoms with Crippen LogP contribution in [0.1, 0.15) is 16.2 Å². The highest BCUT2D eigenvalue weighted by molar-refractivity contribution is 6.30. The van der Waals surface area contributed by atoms with Crippen molar-refractivity contribution in [3.8, 4) is 17.2 Å². The summed E-state index contributed by atoms with van der Waals surface area (Å²) in [5.41, 5.74) is 2.31. The lowest BCUT2D eigenvalue weighted by atomic mass is 10.2. The molecule has 0 bridgehead atoms. The van der Waals surface area contributed by atoms with Gasteiger partial charge in [0.25, 0.3) is 5.91 Å². The van der Waals surface area contributed by atoms with Gasteiger partial charge in [0.2, 0.25) is 0 Å². The molecule has 0 unspecified atom stereocenters. The first-order valence-corrected chi connectivity index (χ1v) is 10.8. The third-order valence-corrected chi connectivity index (χ3v) is 5.44. The molecular weight excluding hydrogens is 442 g/mol. The van der Waals surface area contributed by atoms with Gasteiger partial charge in [-0.25, -0.2) is 4.98 Å². The number of ether oxygens (including phenoxy) is 3. The lowest BCUT2D eigenvalue weighted by molar-refractivity contribution is 0.0949. The molecule has 4 aromatic rings. The zero-order chi connectivity index (χ0) is 23.2. The molecule has 7 nitrogen and oxygen atoms in total. The van der Waals surface area contributed by atoms with Gasteiger partial charge in [-0.15, -0.1) is 0 Å². The molecule has 0 aliphatic rings. The second-order valence-electron chi connectivity index (χ2n) is 7.22. The van der Waals surface area contributed by atoms with E-state index in [1.807, 2.05) is 36.4 Å². The molecule has 0 saturated carbocycles. The Labute approximate surface area is 196 Å². The third kappa shape index (κ3) is 5.21. The number of imidazole rings is 1. The SMILES string of the molecule is COc1ccc(C(=O)NCc2nc3ccccc3n2CCOc2ccc(Cl)cc2)cc1OC. The summed E-state index contributed by atoms with van der Waals surface area (Å²) in [5.74, 6) is 2.32. The molecule has 3 aromatic carbocycles. The van der Waals surface area contributed by atoms with Crippen LogP contribution in [0.4, 0.5) is 0 Å². The molecule has 1 heterocycles. The Balaban J connectivity index is 1.48. The van der Waals surface area contributed by atoms with Gasteiger partial charge in [0, 0.05) is 10.6 Å². The number of amides is 1. The zero-order valence-electron chi connectivity index (χ0n) is 18.4. The summed E-state index contributed by atoms with van der Waals surface area (Å²) in [5, 5.41) is 3.61. The highest BCUT2D eigenvalue weighted by atomic mass is 35.5. The van der Waals surface area contributed by atoms with Crippen molar-refractivity contribution in [2.75, 3.05) is 20.8 Å². The van der Waals surface area contributed by atoms with Crippen LogP contribution in [-0.2, 0) is 13.1 Å². The fraction of sp³-hybridized carbons (Fsp3) is 0.200. The Morgan fingerprint density at radius 2 is 1.76 bits per heavy atom. The van der Waals surface area contributed by atoms with Crippen molar-refractivity contribution in [3.05, 3.63) is 83.1 Å². The number of fused-ring (bicyclic) bond motifs is 1. The Bertz CT molecular complexity index is 1250. The predicted octanol–water partition coefficient (Wildman–Crippen LogP) is 4.72. The summed E-state index contributed by atoms with van der Waals surface area (Å²) in [6.45, 7) is 1.28. The second kappa shape index (κ2) is 10.3. The predicted molar refractivity (Wildman–Crippen MR) is 127 cm³/mol. The molecule has 33 heavy (non-hydrogen) atoms. The molecule has 1 N–H and O–H groups in total. The van der Waals surface area contributed by atoms with Crippen molar-refractivity contribution >= 4 is 28.5 Å². The largest absolute Gasteiger partial charge is 0.493 e. The second-order valence-corrected chi connectivity index (χ2v) is 7.66. The van der Waals surface area contributed by atoms with Crippen molar-refractivity contribution < 1.29 is 19.0 Å². The highest BCUT2D eigenvalue weighted by Gasteiger charge is 2.14. The monoisotopic (exact) mass is 465 g/mol. The van der Waals surface area contributed by atoms with E-state index < -0.39 is 0 Å². The number of nitrogens with zero attached hydrogens (tertiary/aromatic N) is 2. The van der Waals surface area contributed by atoms with Gasteiger partial charge < -0.3 is 24.1 Å². The van der Waals surface area contributed by atoms with Gasteiger partial charge in [-0.1, -0.05) is 23.7 Å². The lowest BCUT2D eigenvalue weighted by Gasteiger charge is -2.12. The molecule has 0 radical (unpaired) electrons. The van der Waals surface area contributed by atoms with Gasteiger partial charge in [-0.05, 0) is 54.6 Å². The van der Waals surface area contributed by atoms with Crippen LogP contribution in [0.3, 0.4) is 0 Å². The van der Waals surface area contributed by atoms with E-state index in [2.05, 4.69) is 9.88 Å². The smallest absolute Gasteiger partial charge is 0.251 e. The number of halogens is 1. The maximum Gasteiger partial charge on any atom is 0.251 e. The number of aromatic nitrogens is 2. The molecular formula is C25H24ClN3O4. The topological polar surface area (TPSA) is 74.6 Å². The first-order chi connectivity index (χ1) is 16.1. The van der Waals surface area contributed by atoms with Gasteiger partial charge in [-0.2, -0.15) is 0 Å². The third-order valence-electron chi connectivity index (χ3n) is 5.18. The zero-order valence-corrected chi connectivity index (χ0v) is 19.1. The van der Waals surface area contributed by atoms with E-state index in [-0.39, 0.29) is 12.5 Å². The minimum Gasteiger partial charge on any atom is -0.493 e. The molecule has 1 aromatic heterocycles. The number of para-hydroxylation sites is 2.